The van der Waals surface area contributed by atoms with Crippen LogP contribution in [0, 0.1) is 0 Å². The van der Waals surface area contributed by atoms with Crippen LogP contribution in [0.2, 0.25) is 0 Å². The van der Waals surface area contributed by atoms with E-state index in [0.29, 0.717) is 23.3 Å². The van der Waals surface area contributed by atoms with E-state index >= 15 is 0 Å². The summed E-state index contributed by atoms with van der Waals surface area (Å²) in [4.78, 5) is 33.8. The number of aromatic nitrogens is 7. The van der Waals surface area contributed by atoms with Crippen LogP contribution in [0.1, 0.15) is 49.9 Å². The molecule has 0 atom stereocenters. The van der Waals surface area contributed by atoms with Gasteiger partial charge in [-0.05, 0) is 205 Å². The van der Waals surface area contributed by atoms with Gasteiger partial charge in [0.05, 0.1) is 11.4 Å². The van der Waals surface area contributed by atoms with E-state index in [4.69, 9.17) is 24.9 Å². The summed E-state index contributed by atoms with van der Waals surface area (Å²) in [7, 11) is 0. The summed E-state index contributed by atoms with van der Waals surface area (Å²) in [6.07, 6.45) is 7.35. The van der Waals surface area contributed by atoms with Crippen LogP contribution in [0.15, 0.2) is 407 Å². The highest BCUT2D eigenvalue weighted by Crippen LogP contribution is 2.55. The fourth-order valence-corrected chi connectivity index (χ4v) is 17.5. The second-order valence-corrected chi connectivity index (χ2v) is 31.6. The third-order valence-electron chi connectivity index (χ3n) is 23.6. The SMILES string of the molecule is CC1(C)c2cccc(-c3cccc(-c4cccc(-c5cccc(-c6cc(-c7ccc(-c8cccnc8)cc7)nc(-c7ccccc7)n6)c5)c4)c3)c2-c2ccc3ccccc3c21.CC1(C)c2ccccc2-c2ccc(-c3cccc(-c4cccc(-c5cccc(-c6nc(-c7ccccc7)nc(-c7ccc(-c8cccnc8)cc7)n6)c5)c4)c3)cc21. The quantitative estimate of drug-likeness (QED) is 0.107. The normalized spacial score (nSPS) is 12.5. The second kappa shape index (κ2) is 30.4. The van der Waals surface area contributed by atoms with Crippen LogP contribution in [0.4, 0.5) is 0 Å². The van der Waals surface area contributed by atoms with E-state index in [-0.39, 0.29) is 10.8 Å². The van der Waals surface area contributed by atoms with Gasteiger partial charge >= 0.3 is 0 Å². The van der Waals surface area contributed by atoms with Crippen molar-refractivity contribution in [3.63, 3.8) is 0 Å². The molecule has 0 bridgehead atoms. The molecule has 0 spiro atoms. The zero-order valence-corrected chi connectivity index (χ0v) is 65.8. The first-order valence-electron chi connectivity index (χ1n) is 40.3. The van der Waals surface area contributed by atoms with Gasteiger partial charge in [-0.3, -0.25) is 9.97 Å². The highest BCUT2D eigenvalue weighted by molar-refractivity contribution is 6.02. The van der Waals surface area contributed by atoms with E-state index in [2.05, 4.69) is 359 Å². The van der Waals surface area contributed by atoms with Crippen LogP contribution in [-0.2, 0) is 10.8 Å². The summed E-state index contributed by atoms with van der Waals surface area (Å²) in [5.41, 5.74) is 36.9. The first kappa shape index (κ1) is 72.0. The third-order valence-corrected chi connectivity index (χ3v) is 23.6. The van der Waals surface area contributed by atoms with Gasteiger partial charge in [-0.15, -0.1) is 0 Å². The average Bonchev–Trinajstić information content (AvgIpc) is 1.58. The van der Waals surface area contributed by atoms with E-state index in [0.717, 1.165) is 94.8 Å². The Bertz CT molecular complexity index is 7020. The van der Waals surface area contributed by atoms with Crippen molar-refractivity contribution < 1.29 is 0 Å². The molecule has 15 aromatic carbocycles. The maximum absolute atomic E-state index is 5.15. The molecular weight excluding hydrogens is 1430 g/mol. The molecule has 7 heteroatoms. The highest BCUT2D eigenvalue weighted by atomic mass is 15.0. The highest BCUT2D eigenvalue weighted by Gasteiger charge is 2.39. The Morgan fingerprint density at radius 1 is 0.195 bits per heavy atom. The van der Waals surface area contributed by atoms with Gasteiger partial charge in [0.15, 0.2) is 23.3 Å². The standard InChI is InChI=1S/C58H41N3.C53H38N4/c1-58(2)52-25-11-24-49(55(52)51-31-30-39-13-6-7-23-50(39)56(51)58)46-20-9-18-44(34-46)42-16-8-17-43(33-42)45-19-10-21-47(35-45)54-36-53(60-57(61-54)41-14-4-3-5-15-41)40-28-26-38(27-29-40)48-22-12-32-59-37-48;1-53(2)48-22-7-6-21-46(48)47-28-27-43(33-49(47)53)41-17-9-15-39(31-41)38-14-8-16-40(30-38)42-18-10-19-44(32-42)52-56-50(36-12-4-3-5-13-36)55-51(57-52)37-25-23-35(24-26-37)45-20-11-29-54-34-45/h3-37H,1-2H3;3-34H,1-2H3. The van der Waals surface area contributed by atoms with Gasteiger partial charge < -0.3 is 0 Å². The van der Waals surface area contributed by atoms with Gasteiger partial charge in [0.2, 0.25) is 0 Å². The smallest absolute Gasteiger partial charge is 0.164 e. The van der Waals surface area contributed by atoms with Crippen LogP contribution in [0.5, 0.6) is 0 Å². The minimum Gasteiger partial charge on any atom is -0.264 e. The zero-order chi connectivity index (χ0) is 79.3. The minimum absolute atomic E-state index is 0.0410. The lowest BCUT2D eigenvalue weighted by Gasteiger charge is -2.23. The molecule has 0 fully saturated rings. The number of nitrogens with zero attached hydrogens (tertiary/aromatic N) is 7. The van der Waals surface area contributed by atoms with Crippen molar-refractivity contribution >= 4 is 10.8 Å². The molecule has 21 rings (SSSR count). The fraction of sp³-hybridized carbons (Fsp3) is 0.0541. The maximum Gasteiger partial charge on any atom is 0.164 e. The van der Waals surface area contributed by atoms with E-state index in [1.165, 1.54) is 94.2 Å². The van der Waals surface area contributed by atoms with Crippen LogP contribution in [0.3, 0.4) is 0 Å². The van der Waals surface area contributed by atoms with Crippen LogP contribution < -0.4 is 0 Å². The third kappa shape index (κ3) is 13.7. The molecule has 19 aromatic rings. The molecule has 558 valence electrons. The van der Waals surface area contributed by atoms with Crippen molar-refractivity contribution in [2.45, 2.75) is 38.5 Å². The van der Waals surface area contributed by atoms with Crippen LogP contribution >= 0.6 is 0 Å². The molecule has 0 aliphatic heterocycles. The Morgan fingerprint density at radius 2 is 0.551 bits per heavy atom. The largest absolute Gasteiger partial charge is 0.264 e. The lowest BCUT2D eigenvalue weighted by atomic mass is 9.80. The molecule has 0 saturated heterocycles. The molecule has 7 nitrogen and oxygen atoms in total. The first-order valence-corrected chi connectivity index (χ1v) is 40.3. The first-order chi connectivity index (χ1) is 57.9. The molecular formula is C111H79N7. The van der Waals surface area contributed by atoms with Gasteiger partial charge in [-0.1, -0.05) is 349 Å². The number of hydrogen-bond donors (Lipinski definition) is 0. The second-order valence-electron chi connectivity index (χ2n) is 31.6. The summed E-state index contributed by atoms with van der Waals surface area (Å²) in [6.45, 7) is 9.42. The molecule has 0 saturated carbocycles. The molecule has 0 amide bonds. The number of hydrogen-bond acceptors (Lipinski definition) is 7. The Morgan fingerprint density at radius 3 is 1.10 bits per heavy atom. The predicted molar refractivity (Wildman–Crippen MR) is 486 cm³/mol. The van der Waals surface area contributed by atoms with Gasteiger partial charge in [0.25, 0.3) is 0 Å². The number of fused-ring (bicyclic) bond motifs is 8. The summed E-state index contributed by atoms with van der Waals surface area (Å²) in [5.74, 6) is 2.58. The van der Waals surface area contributed by atoms with Gasteiger partial charge in [-0.2, -0.15) is 0 Å². The summed E-state index contributed by atoms with van der Waals surface area (Å²) in [6, 6.07) is 136. The zero-order valence-electron chi connectivity index (χ0n) is 65.8. The molecule has 0 N–H and O–H groups in total. The van der Waals surface area contributed by atoms with Gasteiger partial charge in [0, 0.05) is 69.0 Å². The predicted octanol–water partition coefficient (Wildman–Crippen LogP) is 28.2. The van der Waals surface area contributed by atoms with Crippen molar-refractivity contribution in [3.05, 3.63) is 429 Å². The molecule has 0 radical (unpaired) electrons. The van der Waals surface area contributed by atoms with Crippen molar-refractivity contribution in [1.82, 2.24) is 34.9 Å². The van der Waals surface area contributed by atoms with Crippen molar-refractivity contribution in [2.24, 2.45) is 0 Å². The van der Waals surface area contributed by atoms with E-state index < -0.39 is 0 Å². The molecule has 4 aromatic heterocycles. The maximum atomic E-state index is 5.15. The van der Waals surface area contributed by atoms with Crippen molar-refractivity contribution in [2.75, 3.05) is 0 Å². The van der Waals surface area contributed by atoms with Crippen LogP contribution in [0.25, 0.3) is 190 Å². The summed E-state index contributed by atoms with van der Waals surface area (Å²) >= 11 is 0. The van der Waals surface area contributed by atoms with Crippen molar-refractivity contribution in [3.8, 4) is 179 Å². The Hall–Kier alpha value is -15.1. The van der Waals surface area contributed by atoms with E-state index in [1.807, 2.05) is 73.1 Å². The number of rotatable bonds is 14. The fourth-order valence-electron chi connectivity index (χ4n) is 17.5. The Kier molecular flexibility index (Phi) is 18.5. The monoisotopic (exact) mass is 1510 g/mol. The Balaban J connectivity index is 0.000000152. The summed E-state index contributed by atoms with van der Waals surface area (Å²) in [5, 5.41) is 2.63. The van der Waals surface area contributed by atoms with Gasteiger partial charge in [0.1, 0.15) is 0 Å². The topological polar surface area (TPSA) is 90.2 Å². The minimum atomic E-state index is -0.106. The molecule has 118 heavy (non-hydrogen) atoms. The number of benzene rings is 15. The average molecular weight is 1510 g/mol. The molecule has 0 unspecified atom stereocenters. The molecule has 4 heterocycles. The van der Waals surface area contributed by atoms with Crippen LogP contribution in [-0.4, -0.2) is 34.9 Å². The lowest BCUT2D eigenvalue weighted by Crippen LogP contribution is -2.15. The number of pyridine rings is 2. The molecule has 2 aliphatic rings. The molecule has 2 aliphatic carbocycles. The van der Waals surface area contributed by atoms with Gasteiger partial charge in [-0.25, -0.2) is 24.9 Å². The summed E-state index contributed by atoms with van der Waals surface area (Å²) < 4.78 is 0. The van der Waals surface area contributed by atoms with E-state index in [9.17, 15) is 0 Å². The Labute approximate surface area is 688 Å². The lowest BCUT2D eigenvalue weighted by molar-refractivity contribution is 0.660. The van der Waals surface area contributed by atoms with E-state index in [1.54, 1.807) is 12.4 Å². The van der Waals surface area contributed by atoms with Crippen molar-refractivity contribution in [1.29, 1.82) is 0 Å².